The van der Waals surface area contributed by atoms with Crippen molar-refractivity contribution < 1.29 is 32.2 Å². The van der Waals surface area contributed by atoms with E-state index in [2.05, 4.69) is 0 Å². The van der Waals surface area contributed by atoms with Crippen LogP contribution in [0.1, 0.15) is 18.1 Å². The Bertz CT molecular complexity index is 1210. The molecular weight excluding hydrogens is 446 g/mol. The molecule has 0 aliphatic heterocycles. The van der Waals surface area contributed by atoms with Crippen molar-refractivity contribution in [3.63, 3.8) is 0 Å². The van der Waals surface area contributed by atoms with E-state index in [1.54, 1.807) is 24.3 Å². The third-order valence-electron chi connectivity index (χ3n) is 4.35. The molecule has 0 radical (unpaired) electrons. The number of carbonyl (C=O) groups is 2. The number of hydrogen-bond donors (Lipinski definition) is 0. The quantitative estimate of drug-likeness (QED) is 0.358. The van der Waals surface area contributed by atoms with E-state index in [9.17, 15) is 18.0 Å². The molecule has 9 heteroatoms. The maximum absolute atomic E-state index is 12.9. The second-order valence-corrected chi connectivity index (χ2v) is 8.90. The van der Waals surface area contributed by atoms with Gasteiger partial charge >= 0.3 is 12.1 Å². The van der Waals surface area contributed by atoms with Crippen LogP contribution in [0.15, 0.2) is 78.9 Å². The molecule has 0 bridgehead atoms. The van der Waals surface area contributed by atoms with Gasteiger partial charge in [0.2, 0.25) is 10.0 Å². The average Bonchev–Trinajstić information content (AvgIpc) is 2.77. The summed E-state index contributed by atoms with van der Waals surface area (Å²) >= 11 is 0. The maximum Gasteiger partial charge on any atom is 0.428 e. The summed E-state index contributed by atoms with van der Waals surface area (Å²) in [4.78, 5) is 24.3. The van der Waals surface area contributed by atoms with Crippen LogP contribution < -0.4 is 13.8 Å². The number of nitrogens with zero attached hydrogens (tertiary/aromatic N) is 1. The lowest BCUT2D eigenvalue weighted by molar-refractivity contribution is -0.131. The molecule has 0 saturated heterocycles. The van der Waals surface area contributed by atoms with Crippen LogP contribution in [-0.2, 0) is 32.8 Å². The molecule has 1 amide bonds. The van der Waals surface area contributed by atoms with Crippen LogP contribution >= 0.6 is 0 Å². The Balaban J connectivity index is 1.94. The zero-order valence-electron chi connectivity index (χ0n) is 18.1. The van der Waals surface area contributed by atoms with Crippen LogP contribution in [0, 0.1) is 0 Å². The molecule has 0 atom stereocenters. The number of anilines is 1. The SMILES string of the molecule is CC(=O)Oc1ccc(OCc2ccccc2)c(N(C(=O)OCc2ccccc2)S(C)(=O)=O)c1. The van der Waals surface area contributed by atoms with Gasteiger partial charge in [-0.2, -0.15) is 4.31 Å². The molecule has 0 aliphatic carbocycles. The Morgan fingerprint density at radius 3 is 1.97 bits per heavy atom. The summed E-state index contributed by atoms with van der Waals surface area (Å²) in [6.07, 6.45) is -0.248. The molecule has 0 fully saturated rings. The van der Waals surface area contributed by atoms with E-state index in [4.69, 9.17) is 14.2 Å². The second-order valence-electron chi connectivity index (χ2n) is 7.07. The lowest BCUT2D eigenvalue weighted by atomic mass is 10.2. The molecule has 0 heterocycles. The predicted molar refractivity (Wildman–Crippen MR) is 122 cm³/mol. The Morgan fingerprint density at radius 2 is 1.42 bits per heavy atom. The molecule has 0 spiro atoms. The van der Waals surface area contributed by atoms with Crippen molar-refractivity contribution in [3.8, 4) is 11.5 Å². The molecule has 0 N–H and O–H groups in total. The van der Waals surface area contributed by atoms with Gasteiger partial charge < -0.3 is 14.2 Å². The van der Waals surface area contributed by atoms with E-state index in [1.165, 1.54) is 25.1 Å². The van der Waals surface area contributed by atoms with Gasteiger partial charge in [0.1, 0.15) is 30.4 Å². The number of ether oxygens (including phenoxy) is 3. The fourth-order valence-corrected chi connectivity index (χ4v) is 3.76. The number of hydrogen-bond acceptors (Lipinski definition) is 7. The van der Waals surface area contributed by atoms with Crippen LogP contribution in [0.25, 0.3) is 0 Å². The fourth-order valence-electron chi connectivity index (χ4n) is 2.93. The first-order valence-corrected chi connectivity index (χ1v) is 11.8. The largest absolute Gasteiger partial charge is 0.487 e. The first-order chi connectivity index (χ1) is 15.7. The number of benzene rings is 3. The molecule has 0 unspecified atom stereocenters. The number of esters is 1. The van der Waals surface area contributed by atoms with E-state index in [1.807, 2.05) is 36.4 Å². The molecule has 0 aromatic heterocycles. The van der Waals surface area contributed by atoms with Gasteiger partial charge in [0.05, 0.1) is 6.26 Å². The number of sulfonamides is 1. The topological polar surface area (TPSA) is 99.2 Å². The number of amides is 1. The minimum absolute atomic E-state index is 0.0501. The molecule has 0 saturated carbocycles. The lowest BCUT2D eigenvalue weighted by Crippen LogP contribution is -2.37. The summed E-state index contributed by atoms with van der Waals surface area (Å²) in [5, 5.41) is 0. The molecule has 172 valence electrons. The van der Waals surface area contributed by atoms with Crippen molar-refractivity contribution in [2.75, 3.05) is 10.6 Å². The zero-order chi connectivity index (χ0) is 23.8. The highest BCUT2D eigenvalue weighted by Gasteiger charge is 2.30. The van der Waals surface area contributed by atoms with E-state index in [0.717, 1.165) is 11.8 Å². The van der Waals surface area contributed by atoms with E-state index in [-0.39, 0.29) is 30.4 Å². The highest BCUT2D eigenvalue weighted by Crippen LogP contribution is 2.35. The van der Waals surface area contributed by atoms with Crippen LogP contribution in [0.5, 0.6) is 11.5 Å². The average molecular weight is 470 g/mol. The normalized spacial score (nSPS) is 10.8. The minimum Gasteiger partial charge on any atom is -0.487 e. The Morgan fingerprint density at radius 1 is 0.848 bits per heavy atom. The number of carbonyl (C=O) groups excluding carboxylic acids is 2. The van der Waals surface area contributed by atoms with Gasteiger partial charge in [-0.25, -0.2) is 13.2 Å². The maximum atomic E-state index is 12.9. The van der Waals surface area contributed by atoms with Gasteiger partial charge in [-0.1, -0.05) is 60.7 Å². The van der Waals surface area contributed by atoms with Gasteiger partial charge in [0, 0.05) is 13.0 Å². The van der Waals surface area contributed by atoms with E-state index >= 15 is 0 Å². The summed E-state index contributed by atoms with van der Waals surface area (Å²) in [6.45, 7) is 1.20. The first kappa shape index (κ1) is 23.8. The highest BCUT2D eigenvalue weighted by atomic mass is 32.2. The van der Waals surface area contributed by atoms with Crippen molar-refractivity contribution >= 4 is 27.8 Å². The minimum atomic E-state index is -4.13. The van der Waals surface area contributed by atoms with Crippen molar-refractivity contribution in [3.05, 3.63) is 90.0 Å². The second kappa shape index (κ2) is 10.6. The molecule has 3 aromatic carbocycles. The predicted octanol–water partition coefficient (Wildman–Crippen LogP) is 4.29. The van der Waals surface area contributed by atoms with E-state index < -0.39 is 22.1 Å². The molecular formula is C24H23NO7S. The smallest absolute Gasteiger partial charge is 0.428 e. The third kappa shape index (κ3) is 6.81. The highest BCUT2D eigenvalue weighted by molar-refractivity contribution is 7.92. The Labute approximate surface area is 192 Å². The van der Waals surface area contributed by atoms with Crippen LogP contribution in [0.2, 0.25) is 0 Å². The van der Waals surface area contributed by atoms with Crippen molar-refractivity contribution in [1.82, 2.24) is 0 Å². The Kier molecular flexibility index (Phi) is 7.68. The Hall–Kier alpha value is -3.85. The summed E-state index contributed by atoms with van der Waals surface area (Å²) in [6, 6.07) is 22.2. The van der Waals surface area contributed by atoms with Crippen LogP contribution in [0.3, 0.4) is 0 Å². The summed E-state index contributed by atoms with van der Waals surface area (Å²) in [5.74, 6) is -0.456. The van der Waals surface area contributed by atoms with Gasteiger partial charge in [0.25, 0.3) is 0 Å². The van der Waals surface area contributed by atoms with Crippen LogP contribution in [-0.4, -0.2) is 26.7 Å². The van der Waals surface area contributed by atoms with Crippen molar-refractivity contribution in [2.24, 2.45) is 0 Å². The van der Waals surface area contributed by atoms with Gasteiger partial charge in [-0.15, -0.1) is 0 Å². The van der Waals surface area contributed by atoms with Gasteiger partial charge in [-0.3, -0.25) is 4.79 Å². The standard InChI is InChI=1S/C24H23NO7S/c1-18(26)32-21-13-14-23(30-16-19-9-5-3-6-10-19)22(15-21)25(33(2,28)29)24(27)31-17-20-11-7-4-8-12-20/h3-15H,16-17H2,1-2H3. The van der Waals surface area contributed by atoms with Gasteiger partial charge in [0.15, 0.2) is 0 Å². The first-order valence-electron chi connectivity index (χ1n) is 9.94. The molecule has 0 aliphatic rings. The zero-order valence-corrected chi connectivity index (χ0v) is 18.9. The molecule has 3 rings (SSSR count). The summed E-state index contributed by atoms with van der Waals surface area (Å²) < 4.78 is 41.9. The number of rotatable bonds is 8. The summed E-state index contributed by atoms with van der Waals surface area (Å²) in [7, 11) is -4.13. The monoisotopic (exact) mass is 469 g/mol. The lowest BCUT2D eigenvalue weighted by Gasteiger charge is -2.23. The van der Waals surface area contributed by atoms with Crippen molar-refractivity contribution in [1.29, 1.82) is 0 Å². The van der Waals surface area contributed by atoms with Gasteiger partial charge in [-0.05, 0) is 23.3 Å². The fraction of sp³-hybridized carbons (Fsp3) is 0.167. The summed E-state index contributed by atoms with van der Waals surface area (Å²) in [5.41, 5.74) is 1.39. The molecule has 33 heavy (non-hydrogen) atoms. The van der Waals surface area contributed by atoms with E-state index in [0.29, 0.717) is 9.87 Å². The van der Waals surface area contributed by atoms with Crippen molar-refractivity contribution in [2.45, 2.75) is 20.1 Å². The third-order valence-corrected chi connectivity index (χ3v) is 5.36. The van der Waals surface area contributed by atoms with Crippen LogP contribution in [0.4, 0.5) is 10.5 Å². The molecule has 3 aromatic rings. The molecule has 8 nitrogen and oxygen atoms in total.